The molecular formula is C24H21BrClN5O2. The maximum atomic E-state index is 12.5. The van der Waals surface area contributed by atoms with Gasteiger partial charge in [0, 0.05) is 41.9 Å². The lowest BCUT2D eigenvalue weighted by Gasteiger charge is -2.32. The molecule has 1 aliphatic heterocycles. The number of carbonyl (C=O) groups is 1. The molecule has 4 heterocycles. The minimum atomic E-state index is -0.00633. The average Bonchev–Trinajstić information content (AvgIpc) is 3.48. The summed E-state index contributed by atoms with van der Waals surface area (Å²) in [6.45, 7) is 1.35. The van der Waals surface area contributed by atoms with Gasteiger partial charge < -0.3 is 14.6 Å². The highest BCUT2D eigenvalue weighted by Gasteiger charge is 2.23. The lowest BCUT2D eigenvalue weighted by Crippen LogP contribution is -2.42. The maximum Gasteiger partial charge on any atom is 0.246 e. The molecule has 0 atom stereocenters. The second kappa shape index (κ2) is 9.41. The highest BCUT2D eigenvalue weighted by molar-refractivity contribution is 9.10. The van der Waals surface area contributed by atoms with Crippen molar-refractivity contribution in [3.05, 3.63) is 76.3 Å². The van der Waals surface area contributed by atoms with Crippen LogP contribution >= 0.6 is 27.5 Å². The molecule has 7 nitrogen and oxygen atoms in total. The lowest BCUT2D eigenvalue weighted by molar-refractivity contribution is -0.126. The number of nitrogens with one attached hydrogen (secondary N) is 1. The predicted octanol–water partition coefficient (Wildman–Crippen LogP) is 5.52. The Hall–Kier alpha value is -3.10. The van der Waals surface area contributed by atoms with Crippen LogP contribution in [0.5, 0.6) is 0 Å². The molecule has 1 aromatic carbocycles. The molecule has 9 heteroatoms. The molecule has 0 unspecified atom stereocenters. The van der Waals surface area contributed by atoms with Crippen molar-refractivity contribution in [2.24, 2.45) is 0 Å². The van der Waals surface area contributed by atoms with Crippen molar-refractivity contribution < 1.29 is 9.21 Å². The zero-order valence-corrected chi connectivity index (χ0v) is 20.0. The molecule has 0 spiro atoms. The van der Waals surface area contributed by atoms with E-state index in [1.807, 2.05) is 41.3 Å². The van der Waals surface area contributed by atoms with Gasteiger partial charge in [0.05, 0.1) is 22.6 Å². The summed E-state index contributed by atoms with van der Waals surface area (Å²) in [6.07, 6.45) is 8.24. The fourth-order valence-electron chi connectivity index (χ4n) is 3.94. The van der Waals surface area contributed by atoms with Gasteiger partial charge in [0.2, 0.25) is 5.91 Å². The largest absolute Gasteiger partial charge is 0.465 e. The summed E-state index contributed by atoms with van der Waals surface area (Å²) in [5.41, 5.74) is 2.35. The van der Waals surface area contributed by atoms with Gasteiger partial charge in [0.25, 0.3) is 0 Å². The Morgan fingerprint density at radius 2 is 2.03 bits per heavy atom. The Kier molecular flexibility index (Phi) is 6.20. The normalized spacial score (nSPS) is 14.9. The maximum absolute atomic E-state index is 12.5. The number of halogens is 2. The van der Waals surface area contributed by atoms with Crippen molar-refractivity contribution in [1.82, 2.24) is 19.5 Å². The number of hydrogen-bond acceptors (Lipinski definition) is 5. The Morgan fingerprint density at radius 3 is 2.79 bits per heavy atom. The smallest absolute Gasteiger partial charge is 0.246 e. The van der Waals surface area contributed by atoms with E-state index < -0.39 is 0 Å². The molecule has 5 rings (SSSR count). The molecule has 1 saturated heterocycles. The summed E-state index contributed by atoms with van der Waals surface area (Å²) in [5.74, 6) is 1.50. The number of fused-ring (bicyclic) bond motifs is 1. The van der Waals surface area contributed by atoms with Crippen molar-refractivity contribution in [1.29, 1.82) is 0 Å². The second-order valence-corrected chi connectivity index (χ2v) is 9.09. The van der Waals surface area contributed by atoms with Crippen LogP contribution in [0.3, 0.4) is 0 Å². The molecule has 0 aliphatic carbocycles. The van der Waals surface area contributed by atoms with Crippen molar-refractivity contribution in [3.63, 3.8) is 0 Å². The monoisotopic (exact) mass is 525 g/mol. The molecule has 1 aliphatic rings. The van der Waals surface area contributed by atoms with Gasteiger partial charge in [-0.15, -0.1) is 0 Å². The van der Waals surface area contributed by atoms with Crippen molar-refractivity contribution in [2.75, 3.05) is 18.4 Å². The zero-order chi connectivity index (χ0) is 22.8. The number of carbonyl (C=O) groups excluding carboxylic acids is 1. The number of likely N-dealkylation sites (tertiary alicyclic amines) is 1. The first kappa shape index (κ1) is 21.7. The molecular weight excluding hydrogens is 506 g/mol. The second-order valence-electron chi connectivity index (χ2n) is 7.83. The first-order valence-electron chi connectivity index (χ1n) is 10.6. The van der Waals surface area contributed by atoms with Crippen LogP contribution in [0.2, 0.25) is 5.02 Å². The lowest BCUT2D eigenvalue weighted by atomic mass is 10.0. The van der Waals surface area contributed by atoms with Gasteiger partial charge in [-0.1, -0.05) is 29.8 Å². The van der Waals surface area contributed by atoms with Crippen molar-refractivity contribution >= 4 is 51.0 Å². The minimum absolute atomic E-state index is 0.00633. The number of benzene rings is 1. The molecule has 0 saturated carbocycles. The number of furan rings is 1. The summed E-state index contributed by atoms with van der Waals surface area (Å²) < 4.78 is 7.84. The van der Waals surface area contributed by atoms with Gasteiger partial charge in [0.1, 0.15) is 11.6 Å². The standard InChI is InChI=1S/C24H21BrClN5O2/c25-19-15-27-31-22(14-21(29-24(19)31)18-5-1-2-6-20(18)26)28-16-9-11-30(12-10-16)23(32)8-7-17-4-3-13-33-17/h1-8,13-16,28H,9-12H2/b8-7+. The summed E-state index contributed by atoms with van der Waals surface area (Å²) in [5, 5.41) is 8.71. The Labute approximate surface area is 204 Å². The van der Waals surface area contributed by atoms with Crippen LogP contribution in [0.25, 0.3) is 23.0 Å². The first-order chi connectivity index (χ1) is 16.1. The fraction of sp³-hybridized carbons (Fsp3) is 0.208. The Bertz CT molecular complexity index is 1310. The molecule has 0 bridgehead atoms. The van der Waals surface area contributed by atoms with E-state index >= 15 is 0 Å². The average molecular weight is 527 g/mol. The molecule has 0 radical (unpaired) electrons. The molecule has 33 heavy (non-hydrogen) atoms. The van der Waals surface area contributed by atoms with Crippen LogP contribution < -0.4 is 5.32 Å². The minimum Gasteiger partial charge on any atom is -0.465 e. The number of hydrogen-bond donors (Lipinski definition) is 1. The van der Waals surface area contributed by atoms with Crippen LogP contribution in [-0.2, 0) is 4.79 Å². The number of nitrogens with zero attached hydrogens (tertiary/aromatic N) is 4. The summed E-state index contributed by atoms with van der Waals surface area (Å²) in [4.78, 5) is 19.1. The van der Waals surface area contributed by atoms with E-state index in [-0.39, 0.29) is 11.9 Å². The molecule has 1 fully saturated rings. The highest BCUT2D eigenvalue weighted by Crippen LogP contribution is 2.31. The molecule has 168 valence electrons. The van der Waals surface area contributed by atoms with Crippen molar-refractivity contribution in [2.45, 2.75) is 18.9 Å². The first-order valence-corrected chi connectivity index (χ1v) is 11.8. The van der Waals surface area contributed by atoms with E-state index in [0.717, 1.165) is 34.4 Å². The fourth-order valence-corrected chi connectivity index (χ4v) is 4.52. The van der Waals surface area contributed by atoms with E-state index in [0.29, 0.717) is 29.5 Å². The van der Waals surface area contributed by atoms with Gasteiger partial charge in [-0.3, -0.25) is 4.79 Å². The molecule has 1 N–H and O–H groups in total. The van der Waals surface area contributed by atoms with Crippen molar-refractivity contribution in [3.8, 4) is 11.3 Å². The van der Waals surface area contributed by atoms with Gasteiger partial charge in [0.15, 0.2) is 5.65 Å². The van der Waals surface area contributed by atoms with Crippen LogP contribution in [0.1, 0.15) is 18.6 Å². The van der Waals surface area contributed by atoms with Crippen LogP contribution in [-0.4, -0.2) is 44.5 Å². The topological polar surface area (TPSA) is 75.7 Å². The van der Waals surface area contributed by atoms with Gasteiger partial charge in [-0.25, -0.2) is 4.98 Å². The molecule has 1 amide bonds. The van der Waals surface area contributed by atoms with E-state index in [1.165, 1.54) is 0 Å². The Morgan fingerprint density at radius 1 is 1.21 bits per heavy atom. The molecule has 4 aromatic rings. The number of piperidine rings is 1. The zero-order valence-electron chi connectivity index (χ0n) is 17.6. The summed E-state index contributed by atoms with van der Waals surface area (Å²) in [7, 11) is 0. The molecule has 3 aromatic heterocycles. The van der Waals surface area contributed by atoms with E-state index in [4.69, 9.17) is 21.0 Å². The van der Waals surface area contributed by atoms with Crippen LogP contribution in [0.4, 0.5) is 5.82 Å². The third-order valence-electron chi connectivity index (χ3n) is 5.67. The quantitative estimate of drug-likeness (QED) is 0.347. The van der Waals surface area contributed by atoms with Gasteiger partial charge in [-0.2, -0.15) is 9.61 Å². The number of rotatable bonds is 5. The number of amides is 1. The number of anilines is 1. The Balaban J connectivity index is 1.32. The third kappa shape index (κ3) is 4.67. The summed E-state index contributed by atoms with van der Waals surface area (Å²) >= 11 is 9.97. The predicted molar refractivity (Wildman–Crippen MR) is 132 cm³/mol. The van der Waals surface area contributed by atoms with Gasteiger partial charge >= 0.3 is 0 Å². The van der Waals surface area contributed by atoms with Gasteiger partial charge in [-0.05, 0) is 53.0 Å². The van der Waals surface area contributed by atoms with E-state index in [1.54, 1.807) is 35.2 Å². The third-order valence-corrected chi connectivity index (χ3v) is 6.56. The SMILES string of the molecule is O=C(/C=C/c1ccco1)N1CCC(Nc2cc(-c3ccccc3Cl)nc3c(Br)cnn23)CC1. The van der Waals surface area contributed by atoms with E-state index in [9.17, 15) is 4.79 Å². The van der Waals surface area contributed by atoms with Crippen LogP contribution in [0.15, 0.2) is 69.9 Å². The highest BCUT2D eigenvalue weighted by atomic mass is 79.9. The van der Waals surface area contributed by atoms with E-state index in [2.05, 4.69) is 26.3 Å². The van der Waals surface area contributed by atoms with Crippen LogP contribution in [0, 0.1) is 0 Å². The summed E-state index contributed by atoms with van der Waals surface area (Å²) in [6, 6.07) is 13.4. The number of aromatic nitrogens is 3.